The normalized spacial score (nSPS) is 13.3. The molecule has 1 atom stereocenters. The lowest BCUT2D eigenvalue weighted by Gasteiger charge is -1.95. The Balaban J connectivity index is 2.45. The van der Waals surface area contributed by atoms with Gasteiger partial charge in [0, 0.05) is 0 Å². The summed E-state index contributed by atoms with van der Waals surface area (Å²) >= 11 is -1.79. The van der Waals surface area contributed by atoms with Crippen LogP contribution in [0, 0.1) is 5.82 Å². The third-order valence-corrected chi connectivity index (χ3v) is 2.13. The van der Waals surface area contributed by atoms with Crippen molar-refractivity contribution in [3.05, 3.63) is 47.8 Å². The first-order valence-corrected chi connectivity index (χ1v) is 5.43. The Morgan fingerprint density at radius 3 is 2.86 bits per heavy atom. The van der Waals surface area contributed by atoms with Crippen molar-refractivity contribution in [1.82, 2.24) is 0 Å². The van der Waals surface area contributed by atoms with Gasteiger partial charge in [0.05, 0.1) is 5.75 Å². The first-order chi connectivity index (χ1) is 6.68. The van der Waals surface area contributed by atoms with Crippen LogP contribution < -0.4 is 0 Å². The van der Waals surface area contributed by atoms with Crippen LogP contribution in [0.2, 0.25) is 0 Å². The fourth-order valence-electron chi connectivity index (χ4n) is 1.03. The third-order valence-electron chi connectivity index (χ3n) is 1.65. The molecule has 1 N–H and O–H groups in total. The van der Waals surface area contributed by atoms with Gasteiger partial charge in [0.1, 0.15) is 5.82 Å². The smallest absolute Gasteiger partial charge is 0.156 e. The summed E-state index contributed by atoms with van der Waals surface area (Å²) in [5, 5.41) is 0. The largest absolute Gasteiger partial charge is 0.306 e. The van der Waals surface area contributed by atoms with Gasteiger partial charge in [0.15, 0.2) is 11.1 Å². The van der Waals surface area contributed by atoms with Crippen molar-refractivity contribution in [2.24, 2.45) is 0 Å². The molecule has 0 aliphatic carbocycles. The lowest BCUT2D eigenvalue weighted by Crippen LogP contribution is -1.90. The first-order valence-electron chi connectivity index (χ1n) is 4.15. The third kappa shape index (κ3) is 4.30. The number of hydrogen-bond donors (Lipinski definition) is 1. The number of allylic oxidation sites excluding steroid dienone is 1. The van der Waals surface area contributed by atoms with Crippen LogP contribution in [0.25, 0.3) is 0 Å². The molecule has 4 heteroatoms. The lowest BCUT2D eigenvalue weighted by molar-refractivity contribution is 0.567. The topological polar surface area (TPSA) is 37.3 Å². The van der Waals surface area contributed by atoms with Gasteiger partial charge in [0.25, 0.3) is 0 Å². The number of benzene rings is 1. The highest BCUT2D eigenvalue weighted by Crippen LogP contribution is 2.04. The van der Waals surface area contributed by atoms with Gasteiger partial charge in [-0.05, 0) is 24.1 Å². The maximum Gasteiger partial charge on any atom is 0.156 e. The molecular weight excluding hydrogens is 203 g/mol. The van der Waals surface area contributed by atoms with Crippen molar-refractivity contribution < 1.29 is 13.2 Å². The average Bonchev–Trinajstić information content (AvgIpc) is 2.12. The Bertz CT molecular complexity index is 350. The van der Waals surface area contributed by atoms with Gasteiger partial charge >= 0.3 is 0 Å². The van der Waals surface area contributed by atoms with E-state index in [0.29, 0.717) is 6.42 Å². The summed E-state index contributed by atoms with van der Waals surface area (Å²) in [7, 11) is 0. The Hall–Kier alpha value is -1.00. The molecule has 76 valence electrons. The number of rotatable bonds is 4. The van der Waals surface area contributed by atoms with E-state index in [1.807, 2.05) is 6.07 Å². The van der Waals surface area contributed by atoms with E-state index in [9.17, 15) is 8.60 Å². The average molecular weight is 214 g/mol. The molecule has 14 heavy (non-hydrogen) atoms. The molecule has 1 aromatic carbocycles. The van der Waals surface area contributed by atoms with Crippen LogP contribution in [0.4, 0.5) is 4.39 Å². The summed E-state index contributed by atoms with van der Waals surface area (Å²) in [5.74, 6) is -0.142. The zero-order chi connectivity index (χ0) is 10.4. The van der Waals surface area contributed by atoms with Crippen molar-refractivity contribution in [3.63, 3.8) is 0 Å². The zero-order valence-corrected chi connectivity index (χ0v) is 8.34. The molecule has 1 unspecified atom stereocenters. The van der Waals surface area contributed by atoms with Crippen LogP contribution in [-0.2, 0) is 17.5 Å². The van der Waals surface area contributed by atoms with Crippen LogP contribution in [-0.4, -0.2) is 14.5 Å². The number of halogens is 1. The minimum Gasteiger partial charge on any atom is -0.306 e. The first kappa shape index (κ1) is 11.1. The molecule has 2 nitrogen and oxygen atoms in total. The molecule has 0 bridgehead atoms. The summed E-state index contributed by atoms with van der Waals surface area (Å²) < 4.78 is 31.4. The fourth-order valence-corrected chi connectivity index (χ4v) is 1.33. The highest BCUT2D eigenvalue weighted by Gasteiger charge is 1.92. The molecule has 1 aromatic rings. The highest BCUT2D eigenvalue weighted by atomic mass is 32.2. The molecule has 0 aliphatic heterocycles. The van der Waals surface area contributed by atoms with Gasteiger partial charge < -0.3 is 4.55 Å². The standard InChI is InChI=1S/C10H11FO2S/c11-10-6-3-5-9(8-10)4-1-2-7-14(12)13/h1-3,5-6,8H,4,7H2,(H,12,13)/b2-1+. The van der Waals surface area contributed by atoms with Gasteiger partial charge in [-0.2, -0.15) is 0 Å². The Labute approximate surface area is 84.7 Å². The Morgan fingerprint density at radius 2 is 2.21 bits per heavy atom. The fraction of sp³-hybridized carbons (Fsp3) is 0.200. The van der Waals surface area contributed by atoms with Crippen molar-refractivity contribution in [3.8, 4) is 0 Å². The molecule has 1 rings (SSSR count). The minimum atomic E-state index is -1.79. The highest BCUT2D eigenvalue weighted by molar-refractivity contribution is 7.79. The molecule has 0 amide bonds. The van der Waals surface area contributed by atoms with E-state index in [1.165, 1.54) is 12.1 Å². The summed E-state index contributed by atoms with van der Waals surface area (Å²) in [5.41, 5.74) is 0.852. The van der Waals surface area contributed by atoms with Crippen molar-refractivity contribution in [1.29, 1.82) is 0 Å². The van der Waals surface area contributed by atoms with E-state index >= 15 is 0 Å². The van der Waals surface area contributed by atoms with Crippen molar-refractivity contribution in [2.45, 2.75) is 6.42 Å². The Kier molecular flexibility index (Phi) is 4.49. The SMILES string of the molecule is O=S(O)C/C=C/Cc1cccc(F)c1. The predicted molar refractivity (Wildman–Crippen MR) is 54.9 cm³/mol. The van der Waals surface area contributed by atoms with E-state index in [0.717, 1.165) is 5.56 Å². The van der Waals surface area contributed by atoms with Crippen LogP contribution in [0.5, 0.6) is 0 Å². The minimum absolute atomic E-state index is 0.120. The maximum absolute atomic E-state index is 12.7. The van der Waals surface area contributed by atoms with Gasteiger partial charge in [0.2, 0.25) is 0 Å². The molecule has 0 spiro atoms. The van der Waals surface area contributed by atoms with E-state index in [2.05, 4.69) is 0 Å². The second-order valence-electron chi connectivity index (χ2n) is 2.79. The molecule has 0 aromatic heterocycles. The van der Waals surface area contributed by atoms with Crippen molar-refractivity contribution in [2.75, 3.05) is 5.75 Å². The van der Waals surface area contributed by atoms with Crippen molar-refractivity contribution >= 4 is 11.1 Å². The maximum atomic E-state index is 12.7. The van der Waals surface area contributed by atoms with Crippen LogP contribution in [0.3, 0.4) is 0 Å². The van der Waals surface area contributed by atoms with Gasteiger partial charge in [-0.1, -0.05) is 24.3 Å². The molecule has 0 saturated heterocycles. The van der Waals surface area contributed by atoms with E-state index in [4.69, 9.17) is 4.55 Å². The summed E-state index contributed by atoms with van der Waals surface area (Å²) in [6, 6.07) is 6.28. The van der Waals surface area contributed by atoms with E-state index in [1.54, 1.807) is 18.2 Å². The molecule has 0 aliphatic rings. The molecule has 0 heterocycles. The number of hydrogen-bond acceptors (Lipinski definition) is 1. The quantitative estimate of drug-likeness (QED) is 0.616. The predicted octanol–water partition coefficient (Wildman–Crippen LogP) is 2.15. The summed E-state index contributed by atoms with van der Waals surface area (Å²) in [6.45, 7) is 0. The Morgan fingerprint density at radius 1 is 1.43 bits per heavy atom. The van der Waals surface area contributed by atoms with Crippen LogP contribution >= 0.6 is 0 Å². The van der Waals surface area contributed by atoms with Gasteiger partial charge in [-0.25, -0.2) is 8.60 Å². The molecule has 0 radical (unpaired) electrons. The second kappa shape index (κ2) is 5.67. The molecule has 0 saturated carbocycles. The van der Waals surface area contributed by atoms with Crippen LogP contribution in [0.15, 0.2) is 36.4 Å². The van der Waals surface area contributed by atoms with Crippen LogP contribution in [0.1, 0.15) is 5.56 Å². The second-order valence-corrected chi connectivity index (χ2v) is 3.77. The monoisotopic (exact) mass is 214 g/mol. The summed E-state index contributed by atoms with van der Waals surface area (Å²) in [4.78, 5) is 0. The van der Waals surface area contributed by atoms with E-state index < -0.39 is 11.1 Å². The van der Waals surface area contributed by atoms with Gasteiger partial charge in [-0.3, -0.25) is 0 Å². The summed E-state index contributed by atoms with van der Waals surface area (Å²) in [6.07, 6.45) is 3.94. The zero-order valence-electron chi connectivity index (χ0n) is 7.52. The van der Waals surface area contributed by atoms with E-state index in [-0.39, 0.29) is 11.6 Å². The molecule has 0 fully saturated rings. The molecular formula is C10H11FO2S. The lowest BCUT2D eigenvalue weighted by atomic mass is 10.1. The van der Waals surface area contributed by atoms with Gasteiger partial charge in [-0.15, -0.1) is 0 Å².